The second-order valence-corrected chi connectivity index (χ2v) is 8.81. The summed E-state index contributed by atoms with van der Waals surface area (Å²) in [7, 11) is 0. The van der Waals surface area contributed by atoms with Crippen LogP contribution >= 0.6 is 0 Å². The second kappa shape index (κ2) is 6.23. The van der Waals surface area contributed by atoms with Gasteiger partial charge in [0.2, 0.25) is 17.7 Å². The third-order valence-electron chi connectivity index (χ3n) is 7.28. The first-order valence-corrected chi connectivity index (χ1v) is 10.6. The number of imide groups is 1. The number of rotatable bonds is 3. The zero-order valence-electron chi connectivity index (χ0n) is 16.9. The molecule has 1 N–H and O–H groups in total. The van der Waals surface area contributed by atoms with E-state index in [1.54, 1.807) is 25.1 Å². The van der Waals surface area contributed by atoms with Crippen LogP contribution in [0.3, 0.4) is 0 Å². The molecule has 2 aromatic rings. The molecule has 3 amide bonds. The Bertz CT molecular complexity index is 1200. The largest absolute Gasteiger partial charge is 0.324 e. The summed E-state index contributed by atoms with van der Waals surface area (Å²) < 4.78 is 0. The lowest BCUT2D eigenvalue weighted by Gasteiger charge is -2.24. The predicted molar refractivity (Wildman–Crippen MR) is 113 cm³/mol. The first kappa shape index (κ1) is 18.2. The maximum absolute atomic E-state index is 13.1. The Labute approximate surface area is 178 Å². The minimum absolute atomic E-state index is 0.0974. The lowest BCUT2D eigenvalue weighted by molar-refractivity contribution is -0.146. The highest BCUT2D eigenvalue weighted by atomic mass is 16.2. The van der Waals surface area contributed by atoms with E-state index in [1.165, 1.54) is 0 Å². The number of nitrogens with zero attached hydrogens (tertiary/aromatic N) is 1. The zero-order valence-corrected chi connectivity index (χ0v) is 16.9. The summed E-state index contributed by atoms with van der Waals surface area (Å²) in [6, 6.07) is 11.7. The van der Waals surface area contributed by atoms with E-state index in [4.69, 9.17) is 0 Å². The molecule has 0 aromatic heterocycles. The number of likely N-dealkylation sites (tertiary alicyclic amines) is 1. The van der Waals surface area contributed by atoms with Crippen LogP contribution in [0.2, 0.25) is 0 Å². The molecular weight excluding hydrogens is 392 g/mol. The molecule has 1 aliphatic heterocycles. The van der Waals surface area contributed by atoms with Gasteiger partial charge in [-0.15, -0.1) is 0 Å². The molecule has 6 rings (SSSR count). The molecule has 1 heterocycles. The normalized spacial score (nSPS) is 28.0. The van der Waals surface area contributed by atoms with Crippen molar-refractivity contribution in [3.8, 4) is 11.1 Å². The Hall–Kier alpha value is -3.54. The van der Waals surface area contributed by atoms with Gasteiger partial charge in [0.25, 0.3) is 0 Å². The quantitative estimate of drug-likeness (QED) is 0.529. The minimum atomic E-state index is -0.945. The number of carbonyl (C=O) groups excluding carboxylic acids is 4. The molecule has 5 atom stereocenters. The maximum atomic E-state index is 13.1. The summed E-state index contributed by atoms with van der Waals surface area (Å²) >= 11 is 0. The van der Waals surface area contributed by atoms with Gasteiger partial charge in [-0.05, 0) is 42.4 Å². The van der Waals surface area contributed by atoms with Gasteiger partial charge in [0.1, 0.15) is 6.04 Å². The SMILES string of the molecule is CC(C(=O)Nc1cccc2c1C(=O)c1ccccc1-2)N1C(=O)C2C3C=CC(C3)C2C1=O. The number of ketones is 1. The van der Waals surface area contributed by atoms with E-state index < -0.39 is 11.9 Å². The summed E-state index contributed by atoms with van der Waals surface area (Å²) in [6.45, 7) is 1.57. The fourth-order valence-corrected chi connectivity index (χ4v) is 5.84. The van der Waals surface area contributed by atoms with Crippen molar-refractivity contribution < 1.29 is 19.2 Å². The fraction of sp³-hybridized carbons (Fsp3) is 0.280. The lowest BCUT2D eigenvalue weighted by Crippen LogP contribution is -2.46. The minimum Gasteiger partial charge on any atom is -0.324 e. The number of hydrogen-bond acceptors (Lipinski definition) is 4. The number of carbonyl (C=O) groups is 4. The van der Waals surface area contributed by atoms with Gasteiger partial charge in [0, 0.05) is 5.56 Å². The molecule has 5 unspecified atom stereocenters. The Balaban J connectivity index is 1.28. The van der Waals surface area contributed by atoms with Crippen LogP contribution in [0.5, 0.6) is 0 Å². The van der Waals surface area contributed by atoms with Crippen LogP contribution in [0.25, 0.3) is 11.1 Å². The molecule has 6 nitrogen and oxygen atoms in total. The standard InChI is InChI=1S/C25H20N2O4/c1-12(27-24(30)19-13-9-10-14(11-13)20(19)25(27)31)23(29)26-18-8-4-7-16-15-5-2-3-6-17(15)22(28)21(16)18/h2-10,12-14,19-20H,11H2,1H3,(H,26,29). The Morgan fingerprint density at radius 1 is 0.903 bits per heavy atom. The van der Waals surface area contributed by atoms with Gasteiger partial charge in [0.15, 0.2) is 5.78 Å². The average Bonchev–Trinajstić information content (AvgIpc) is 3.51. The van der Waals surface area contributed by atoms with E-state index in [2.05, 4.69) is 5.32 Å². The van der Waals surface area contributed by atoms with Crippen molar-refractivity contribution in [3.05, 3.63) is 65.7 Å². The van der Waals surface area contributed by atoms with Crippen molar-refractivity contribution >= 4 is 29.2 Å². The van der Waals surface area contributed by atoms with Crippen LogP contribution in [-0.4, -0.2) is 34.4 Å². The van der Waals surface area contributed by atoms with Crippen LogP contribution in [0, 0.1) is 23.7 Å². The summed E-state index contributed by atoms with van der Waals surface area (Å²) in [5, 5.41) is 2.81. The first-order chi connectivity index (χ1) is 15.0. The van der Waals surface area contributed by atoms with E-state index in [0.29, 0.717) is 16.8 Å². The van der Waals surface area contributed by atoms with Crippen LogP contribution in [0.4, 0.5) is 5.69 Å². The van der Waals surface area contributed by atoms with Crippen molar-refractivity contribution in [2.45, 2.75) is 19.4 Å². The van der Waals surface area contributed by atoms with E-state index in [0.717, 1.165) is 22.4 Å². The van der Waals surface area contributed by atoms with Crippen molar-refractivity contribution in [2.75, 3.05) is 5.32 Å². The lowest BCUT2D eigenvalue weighted by atomic mass is 9.85. The number of anilines is 1. The van der Waals surface area contributed by atoms with Crippen LogP contribution < -0.4 is 5.32 Å². The van der Waals surface area contributed by atoms with Crippen LogP contribution in [-0.2, 0) is 14.4 Å². The summed E-state index contributed by atoms with van der Waals surface area (Å²) in [5.41, 5.74) is 3.07. The molecule has 1 saturated carbocycles. The molecule has 2 aromatic carbocycles. The summed E-state index contributed by atoms with van der Waals surface area (Å²) in [6.07, 6.45) is 4.91. The maximum Gasteiger partial charge on any atom is 0.247 e. The molecule has 3 aliphatic carbocycles. The Morgan fingerprint density at radius 2 is 1.52 bits per heavy atom. The number of hydrogen-bond donors (Lipinski definition) is 1. The van der Waals surface area contributed by atoms with E-state index in [-0.39, 0.29) is 41.3 Å². The van der Waals surface area contributed by atoms with Gasteiger partial charge in [-0.1, -0.05) is 48.6 Å². The molecule has 0 radical (unpaired) electrons. The van der Waals surface area contributed by atoms with Gasteiger partial charge < -0.3 is 5.32 Å². The van der Waals surface area contributed by atoms with Gasteiger partial charge in [0.05, 0.1) is 23.1 Å². The summed E-state index contributed by atoms with van der Waals surface area (Å²) in [5.74, 6) is -1.60. The predicted octanol–water partition coefficient (Wildman–Crippen LogP) is 3.03. The molecule has 154 valence electrons. The van der Waals surface area contributed by atoms with Gasteiger partial charge >= 0.3 is 0 Å². The smallest absolute Gasteiger partial charge is 0.247 e. The highest BCUT2D eigenvalue weighted by Crippen LogP contribution is 2.53. The molecule has 0 spiro atoms. The number of benzene rings is 2. The van der Waals surface area contributed by atoms with E-state index in [1.807, 2.05) is 36.4 Å². The average molecular weight is 412 g/mol. The molecule has 31 heavy (non-hydrogen) atoms. The second-order valence-electron chi connectivity index (χ2n) is 8.81. The number of fused-ring (bicyclic) bond motifs is 8. The Kier molecular flexibility index (Phi) is 3.67. The zero-order chi connectivity index (χ0) is 21.4. The fourth-order valence-electron chi connectivity index (χ4n) is 5.84. The van der Waals surface area contributed by atoms with Gasteiger partial charge in [-0.25, -0.2) is 0 Å². The van der Waals surface area contributed by atoms with E-state index in [9.17, 15) is 19.2 Å². The molecular formula is C25H20N2O4. The first-order valence-electron chi connectivity index (χ1n) is 10.6. The Morgan fingerprint density at radius 3 is 2.19 bits per heavy atom. The number of amides is 3. The van der Waals surface area contributed by atoms with Gasteiger partial charge in [-0.2, -0.15) is 0 Å². The molecule has 2 bridgehead atoms. The molecule has 1 saturated heterocycles. The topological polar surface area (TPSA) is 83.6 Å². The summed E-state index contributed by atoms with van der Waals surface area (Å²) in [4.78, 5) is 53.2. The van der Waals surface area contributed by atoms with Crippen LogP contribution in [0.15, 0.2) is 54.6 Å². The monoisotopic (exact) mass is 412 g/mol. The van der Waals surface area contributed by atoms with Crippen molar-refractivity contribution in [2.24, 2.45) is 23.7 Å². The molecule has 6 heteroatoms. The molecule has 4 aliphatic rings. The number of nitrogens with one attached hydrogen (secondary N) is 1. The highest BCUT2D eigenvalue weighted by Gasteiger charge is 2.60. The third kappa shape index (κ3) is 2.33. The third-order valence-corrected chi connectivity index (χ3v) is 7.28. The van der Waals surface area contributed by atoms with E-state index >= 15 is 0 Å². The van der Waals surface area contributed by atoms with Gasteiger partial charge in [-0.3, -0.25) is 24.1 Å². The van der Waals surface area contributed by atoms with Crippen LogP contribution in [0.1, 0.15) is 29.3 Å². The van der Waals surface area contributed by atoms with Crippen molar-refractivity contribution in [3.63, 3.8) is 0 Å². The van der Waals surface area contributed by atoms with Crippen molar-refractivity contribution in [1.29, 1.82) is 0 Å². The van der Waals surface area contributed by atoms with Crippen molar-refractivity contribution in [1.82, 2.24) is 4.90 Å². The number of allylic oxidation sites excluding steroid dienone is 2. The molecule has 2 fully saturated rings. The highest BCUT2D eigenvalue weighted by molar-refractivity contribution is 6.25.